The zero-order valence-electron chi connectivity index (χ0n) is 24.9. The lowest BCUT2D eigenvalue weighted by atomic mass is 9.78. The van der Waals surface area contributed by atoms with Crippen LogP contribution < -0.4 is 16.0 Å². The first-order valence-electron chi connectivity index (χ1n) is 15.4. The topological polar surface area (TPSA) is 125 Å². The molecule has 6 rings (SSSR count). The van der Waals surface area contributed by atoms with Crippen LogP contribution in [-0.4, -0.2) is 86.1 Å². The second kappa shape index (κ2) is 13.3. The number of hydrogen-bond acceptors (Lipinski definition) is 9. The Kier molecular flexibility index (Phi) is 9.02. The first kappa shape index (κ1) is 29.9. The third-order valence-electron chi connectivity index (χ3n) is 9.06. The number of methoxy groups -OCH3 is 1. The van der Waals surface area contributed by atoms with Gasteiger partial charge < -0.3 is 35.4 Å². The molecule has 3 aliphatic carbocycles. The molecule has 0 aromatic carbocycles. The van der Waals surface area contributed by atoms with Gasteiger partial charge in [0.2, 0.25) is 0 Å². The molecule has 11 heteroatoms. The summed E-state index contributed by atoms with van der Waals surface area (Å²) < 4.78 is 28.4. The molecule has 0 saturated carbocycles. The third-order valence-corrected chi connectivity index (χ3v) is 9.06. The Balaban J connectivity index is 1.33. The number of nitrogens with zero attached hydrogens (tertiary/aromatic N) is 2. The molecule has 5 atom stereocenters. The van der Waals surface area contributed by atoms with E-state index >= 15 is 4.39 Å². The molecule has 0 aromatic rings. The van der Waals surface area contributed by atoms with E-state index in [-0.39, 0.29) is 36.4 Å². The molecule has 0 spiro atoms. The van der Waals surface area contributed by atoms with Crippen molar-refractivity contribution in [1.82, 2.24) is 20.9 Å². The second-order valence-electron chi connectivity index (χ2n) is 11.8. The quantitative estimate of drug-likeness (QED) is 0.208. The number of carboxylic acid groups (broad SMARTS) is 1. The predicted molar refractivity (Wildman–Crippen MR) is 164 cm³/mol. The highest BCUT2D eigenvalue weighted by atomic mass is 19.1. The van der Waals surface area contributed by atoms with Crippen molar-refractivity contribution < 1.29 is 28.6 Å². The number of piperidine rings is 1. The van der Waals surface area contributed by atoms with Crippen LogP contribution in [0.5, 0.6) is 0 Å². The Morgan fingerprint density at radius 2 is 2.09 bits per heavy atom. The van der Waals surface area contributed by atoms with E-state index < -0.39 is 29.9 Å². The van der Waals surface area contributed by atoms with Crippen LogP contribution in [0.1, 0.15) is 32.1 Å². The Hall–Kier alpha value is -4.12. The van der Waals surface area contributed by atoms with Gasteiger partial charge in [-0.1, -0.05) is 36.0 Å². The zero-order chi connectivity index (χ0) is 30.6. The highest BCUT2D eigenvalue weighted by Gasteiger charge is 2.53. The molecule has 4 unspecified atom stereocenters. The van der Waals surface area contributed by atoms with Crippen LogP contribution in [0.4, 0.5) is 4.39 Å². The Labute approximate surface area is 256 Å². The van der Waals surface area contributed by atoms with Gasteiger partial charge in [0.05, 0.1) is 35.9 Å². The number of carboxylic acids is 1. The van der Waals surface area contributed by atoms with Gasteiger partial charge in [-0.15, -0.1) is 0 Å². The minimum Gasteiger partial charge on any atom is -0.501 e. The number of aliphatic carboxylic acids is 1. The van der Waals surface area contributed by atoms with Crippen LogP contribution in [0, 0.1) is 11.8 Å². The maximum atomic E-state index is 16.7. The largest absolute Gasteiger partial charge is 0.501 e. The van der Waals surface area contributed by atoms with Crippen molar-refractivity contribution in [2.45, 2.75) is 50.4 Å². The van der Waals surface area contributed by atoms with Gasteiger partial charge in [0, 0.05) is 44.7 Å². The van der Waals surface area contributed by atoms with E-state index in [1.807, 2.05) is 41.5 Å². The van der Waals surface area contributed by atoms with E-state index in [0.29, 0.717) is 31.1 Å². The average molecular weight is 606 g/mol. The number of aliphatic imine (C=N–C) groups is 1. The van der Waals surface area contributed by atoms with Gasteiger partial charge in [-0.2, -0.15) is 0 Å². The molecule has 234 valence electrons. The number of allylic oxidation sites excluding steroid dienone is 8. The van der Waals surface area contributed by atoms with Gasteiger partial charge in [0.1, 0.15) is 30.1 Å². The molecule has 1 saturated heterocycles. The monoisotopic (exact) mass is 605 g/mol. The summed E-state index contributed by atoms with van der Waals surface area (Å²) in [5, 5.41) is 20.0. The van der Waals surface area contributed by atoms with E-state index in [1.165, 1.54) is 0 Å². The zero-order valence-corrected chi connectivity index (χ0v) is 24.9. The summed E-state index contributed by atoms with van der Waals surface area (Å²) in [7, 11) is 1.64. The molecule has 0 radical (unpaired) electrons. The summed E-state index contributed by atoms with van der Waals surface area (Å²) in [5.74, 6) is -1.00. The number of alkyl halides is 1. The lowest BCUT2D eigenvalue weighted by molar-refractivity contribution is -0.147. The predicted octanol–water partition coefficient (Wildman–Crippen LogP) is 3.01. The molecule has 4 N–H and O–H groups in total. The fraction of sp³-hybridized carbons (Fsp3) is 0.485. The molecule has 3 aliphatic heterocycles. The molecule has 0 amide bonds. The van der Waals surface area contributed by atoms with Crippen molar-refractivity contribution in [3.63, 3.8) is 0 Å². The summed E-state index contributed by atoms with van der Waals surface area (Å²) >= 11 is 0. The SMILES string of the molecule is COC1=CC=C(CNC2=C3C(=O)C(C(=O)O)CN4C3=C(OC[C@@H]4C3C=CC=CC3)C(NCCNC3=CCCC=N3)C2F)CC1. The highest BCUT2D eigenvalue weighted by Crippen LogP contribution is 2.44. The molecule has 0 bridgehead atoms. The van der Waals surface area contributed by atoms with Crippen molar-refractivity contribution in [3.8, 4) is 0 Å². The van der Waals surface area contributed by atoms with Crippen LogP contribution in [0.2, 0.25) is 0 Å². The van der Waals surface area contributed by atoms with E-state index in [1.54, 1.807) is 7.11 Å². The third kappa shape index (κ3) is 5.97. The molecular weight excluding hydrogens is 565 g/mol. The van der Waals surface area contributed by atoms with E-state index in [2.05, 4.69) is 33.1 Å². The fourth-order valence-corrected chi connectivity index (χ4v) is 6.69. The summed E-state index contributed by atoms with van der Waals surface area (Å²) in [6, 6.07) is -1.06. The van der Waals surface area contributed by atoms with Gasteiger partial charge in [-0.05, 0) is 37.8 Å². The van der Waals surface area contributed by atoms with Crippen LogP contribution >= 0.6 is 0 Å². The van der Waals surface area contributed by atoms with Gasteiger partial charge in [-0.25, -0.2) is 9.38 Å². The fourth-order valence-electron chi connectivity index (χ4n) is 6.69. The molecule has 10 nitrogen and oxygen atoms in total. The van der Waals surface area contributed by atoms with Gasteiger partial charge in [0.25, 0.3) is 0 Å². The van der Waals surface area contributed by atoms with Crippen LogP contribution in [-0.2, 0) is 19.1 Å². The number of Topliss-reactive ketones (excluding diaryl/α,β-unsaturated/α-hetero) is 1. The van der Waals surface area contributed by atoms with Crippen LogP contribution in [0.15, 0.2) is 87.4 Å². The van der Waals surface area contributed by atoms with Crippen LogP contribution in [0.3, 0.4) is 0 Å². The number of carbonyl (C=O) groups is 2. The van der Waals surface area contributed by atoms with Gasteiger partial charge in [0.15, 0.2) is 12.0 Å². The lowest BCUT2D eigenvalue weighted by Gasteiger charge is -2.50. The first-order valence-corrected chi connectivity index (χ1v) is 15.4. The summed E-state index contributed by atoms with van der Waals surface area (Å²) in [4.78, 5) is 32.6. The second-order valence-corrected chi connectivity index (χ2v) is 11.8. The normalized spacial score (nSPS) is 29.4. The number of rotatable bonds is 11. The number of halogens is 1. The average Bonchev–Trinajstić information content (AvgIpc) is 3.05. The van der Waals surface area contributed by atoms with E-state index in [0.717, 1.165) is 49.3 Å². The number of ketones is 1. The van der Waals surface area contributed by atoms with Gasteiger partial charge in [-0.3, -0.25) is 9.59 Å². The number of nitrogens with one attached hydrogen (secondary N) is 3. The summed E-state index contributed by atoms with van der Waals surface area (Å²) in [6.07, 6.45) is 18.3. The molecule has 1 fully saturated rings. The van der Waals surface area contributed by atoms with Crippen molar-refractivity contribution in [1.29, 1.82) is 0 Å². The van der Waals surface area contributed by atoms with E-state index in [9.17, 15) is 14.7 Å². The maximum absolute atomic E-state index is 16.7. The number of hydrogen-bond donors (Lipinski definition) is 4. The van der Waals surface area contributed by atoms with Gasteiger partial charge >= 0.3 is 5.97 Å². The van der Waals surface area contributed by atoms with Crippen molar-refractivity contribution in [2.24, 2.45) is 16.8 Å². The number of carbonyl (C=O) groups excluding carboxylic acids is 1. The molecule has 0 aromatic heterocycles. The molecular formula is C33H40FN5O5. The standard InChI is InChI=1S/C33H40FN5O5/c1-43-22-12-10-20(11-13-22)17-38-28-26-30-32(29(27(28)34)37-16-15-36-25-9-5-6-14-35-25)44-19-24(21-7-3-2-4-8-21)39(30)18-23(31(26)40)33(41)42/h2-4,7,9-10,12,14,21,23-24,27,29,36-38H,5-6,8,11,13,15-19H2,1H3,(H,41,42)/t21?,23?,24-,27?,29?/m1/s1. The summed E-state index contributed by atoms with van der Waals surface area (Å²) in [6.45, 7) is 1.53. The Morgan fingerprint density at radius 3 is 2.80 bits per heavy atom. The van der Waals surface area contributed by atoms with Crippen LogP contribution in [0.25, 0.3) is 0 Å². The minimum atomic E-state index is -1.66. The van der Waals surface area contributed by atoms with E-state index in [4.69, 9.17) is 9.47 Å². The van der Waals surface area contributed by atoms with Crippen molar-refractivity contribution >= 4 is 18.0 Å². The highest BCUT2D eigenvalue weighted by molar-refractivity contribution is 6.12. The number of ether oxygens (including phenoxy) is 2. The molecule has 44 heavy (non-hydrogen) atoms. The summed E-state index contributed by atoms with van der Waals surface area (Å²) in [5.41, 5.74) is 1.74. The van der Waals surface area contributed by atoms with Crippen molar-refractivity contribution in [2.75, 3.05) is 39.9 Å². The smallest absolute Gasteiger partial charge is 0.316 e. The van der Waals surface area contributed by atoms with Crippen molar-refractivity contribution in [3.05, 3.63) is 82.4 Å². The maximum Gasteiger partial charge on any atom is 0.316 e. The Morgan fingerprint density at radius 1 is 1.20 bits per heavy atom. The minimum absolute atomic E-state index is 0.0129. The molecule has 3 heterocycles. The molecule has 6 aliphatic rings. The lowest BCUT2D eigenvalue weighted by Crippen LogP contribution is -2.60. The first-order chi connectivity index (χ1) is 21.5. The Bertz CT molecular complexity index is 1420.